The van der Waals surface area contributed by atoms with Crippen molar-refractivity contribution in [2.75, 3.05) is 6.61 Å². The van der Waals surface area contributed by atoms with Gasteiger partial charge < -0.3 is 9.84 Å². The first kappa shape index (κ1) is 12.6. The van der Waals surface area contributed by atoms with E-state index in [2.05, 4.69) is 38.1 Å². The average Bonchev–Trinajstić information content (AvgIpc) is 2.84. The van der Waals surface area contributed by atoms with Gasteiger partial charge in [0.2, 0.25) is 0 Å². The number of benzene rings is 2. The maximum absolute atomic E-state index is 10.7. The molecule has 3 unspecified atom stereocenters. The summed E-state index contributed by atoms with van der Waals surface area (Å²) in [6.07, 6.45) is 0.416. The van der Waals surface area contributed by atoms with Crippen molar-refractivity contribution in [2.24, 2.45) is 5.92 Å². The van der Waals surface area contributed by atoms with E-state index in [1.54, 1.807) is 0 Å². The quantitative estimate of drug-likeness (QED) is 0.889. The third-order valence-electron chi connectivity index (χ3n) is 4.24. The largest absolute Gasteiger partial charge is 0.386 e. The fraction of sp³-hybridized carbons (Fsp3) is 0.412. The monoisotopic (exact) mass is 256 g/mol. The molecule has 1 N–H and O–H groups in total. The van der Waals surface area contributed by atoms with Crippen LogP contribution in [0.25, 0.3) is 10.8 Å². The van der Waals surface area contributed by atoms with Crippen LogP contribution in [0.4, 0.5) is 0 Å². The zero-order valence-corrected chi connectivity index (χ0v) is 11.5. The molecule has 1 fully saturated rings. The summed E-state index contributed by atoms with van der Waals surface area (Å²) in [6, 6.07) is 12.4. The van der Waals surface area contributed by atoms with Crippen LogP contribution < -0.4 is 0 Å². The van der Waals surface area contributed by atoms with Gasteiger partial charge in [-0.2, -0.15) is 0 Å². The first-order chi connectivity index (χ1) is 9.18. The molecule has 0 radical (unpaired) electrons. The van der Waals surface area contributed by atoms with Crippen molar-refractivity contribution in [3.05, 3.63) is 47.5 Å². The van der Waals surface area contributed by atoms with Crippen LogP contribution in [-0.2, 0) is 4.74 Å². The molecule has 0 aromatic heterocycles. The number of fused-ring (bicyclic) bond motifs is 1. The first-order valence-electron chi connectivity index (χ1n) is 6.96. The van der Waals surface area contributed by atoms with E-state index in [1.807, 2.05) is 12.1 Å². The highest BCUT2D eigenvalue weighted by molar-refractivity contribution is 5.87. The summed E-state index contributed by atoms with van der Waals surface area (Å²) in [6.45, 7) is 4.97. The number of aliphatic hydroxyl groups is 1. The lowest BCUT2D eigenvalue weighted by Gasteiger charge is -2.24. The third-order valence-corrected chi connectivity index (χ3v) is 4.24. The van der Waals surface area contributed by atoms with Gasteiger partial charge in [0.1, 0.15) is 6.10 Å². The maximum atomic E-state index is 10.7. The number of rotatable bonds is 2. The minimum Gasteiger partial charge on any atom is -0.386 e. The van der Waals surface area contributed by atoms with Crippen LogP contribution in [0.5, 0.6) is 0 Å². The summed E-state index contributed by atoms with van der Waals surface area (Å²) < 4.78 is 5.74. The van der Waals surface area contributed by atoms with E-state index >= 15 is 0 Å². The van der Waals surface area contributed by atoms with Gasteiger partial charge in [-0.1, -0.05) is 43.3 Å². The van der Waals surface area contributed by atoms with Crippen molar-refractivity contribution in [3.8, 4) is 0 Å². The Morgan fingerprint density at radius 1 is 1.21 bits per heavy atom. The smallest absolute Gasteiger partial charge is 0.106 e. The van der Waals surface area contributed by atoms with E-state index < -0.39 is 6.10 Å². The lowest BCUT2D eigenvalue weighted by atomic mass is 9.89. The Balaban J connectivity index is 2.10. The van der Waals surface area contributed by atoms with E-state index in [1.165, 1.54) is 5.39 Å². The molecule has 2 heteroatoms. The van der Waals surface area contributed by atoms with Gasteiger partial charge in [0.05, 0.1) is 6.10 Å². The van der Waals surface area contributed by atoms with E-state index in [-0.39, 0.29) is 6.10 Å². The second-order valence-electron chi connectivity index (χ2n) is 5.56. The Bertz CT molecular complexity index is 591. The molecule has 0 saturated carbocycles. The van der Waals surface area contributed by atoms with Crippen LogP contribution >= 0.6 is 0 Å². The summed E-state index contributed by atoms with van der Waals surface area (Å²) in [5.41, 5.74) is 2.16. The molecule has 100 valence electrons. The average molecular weight is 256 g/mol. The second-order valence-corrected chi connectivity index (χ2v) is 5.56. The van der Waals surface area contributed by atoms with Crippen LogP contribution in [0.15, 0.2) is 36.4 Å². The van der Waals surface area contributed by atoms with Crippen molar-refractivity contribution < 1.29 is 9.84 Å². The normalized spacial score (nSPS) is 24.8. The molecule has 0 bridgehead atoms. The molecule has 2 aromatic rings. The van der Waals surface area contributed by atoms with Crippen LogP contribution in [0.3, 0.4) is 0 Å². The van der Waals surface area contributed by atoms with Crippen LogP contribution in [-0.4, -0.2) is 17.8 Å². The van der Waals surface area contributed by atoms with E-state index in [0.29, 0.717) is 5.92 Å². The standard InChI is InChI=1S/C17H20O2/c1-11-7-8-13-5-3-4-6-14(13)15(11)16(18)17-12(2)9-10-19-17/h3-8,12,16-18H,9-10H2,1-2H3. The zero-order chi connectivity index (χ0) is 13.4. The summed E-state index contributed by atoms with van der Waals surface area (Å²) in [4.78, 5) is 0. The number of ether oxygens (including phenoxy) is 1. The molecule has 2 aromatic carbocycles. The number of aryl methyl sites for hydroxylation is 1. The van der Waals surface area contributed by atoms with Gasteiger partial charge in [0, 0.05) is 6.61 Å². The SMILES string of the molecule is Cc1ccc2ccccc2c1C(O)C1OCCC1C. The molecule has 1 aliphatic heterocycles. The molecule has 0 aliphatic carbocycles. The molecular formula is C17H20O2. The van der Waals surface area contributed by atoms with Gasteiger partial charge in [-0.15, -0.1) is 0 Å². The minimum atomic E-state index is -0.538. The van der Waals surface area contributed by atoms with E-state index in [9.17, 15) is 5.11 Å². The summed E-state index contributed by atoms with van der Waals surface area (Å²) in [5, 5.41) is 13.1. The van der Waals surface area contributed by atoms with Gasteiger partial charge in [-0.05, 0) is 41.2 Å². The maximum Gasteiger partial charge on any atom is 0.106 e. The number of hydrogen-bond acceptors (Lipinski definition) is 2. The number of hydrogen-bond donors (Lipinski definition) is 1. The topological polar surface area (TPSA) is 29.5 Å². The molecule has 3 rings (SSSR count). The zero-order valence-electron chi connectivity index (χ0n) is 11.5. The molecule has 1 heterocycles. The van der Waals surface area contributed by atoms with Crippen LogP contribution in [0.1, 0.15) is 30.6 Å². The molecule has 0 amide bonds. The summed E-state index contributed by atoms with van der Waals surface area (Å²) in [7, 11) is 0. The first-order valence-corrected chi connectivity index (χ1v) is 6.96. The Hall–Kier alpha value is -1.38. The Labute approximate surface area is 114 Å². The van der Waals surface area contributed by atoms with Crippen molar-refractivity contribution in [2.45, 2.75) is 32.5 Å². The minimum absolute atomic E-state index is 0.0792. The van der Waals surface area contributed by atoms with Crippen LogP contribution in [0, 0.1) is 12.8 Å². The molecule has 1 saturated heterocycles. The van der Waals surface area contributed by atoms with Gasteiger partial charge in [-0.25, -0.2) is 0 Å². The van der Waals surface area contributed by atoms with E-state index in [4.69, 9.17) is 4.74 Å². The Morgan fingerprint density at radius 3 is 2.74 bits per heavy atom. The fourth-order valence-corrected chi connectivity index (χ4v) is 3.08. The molecule has 1 aliphatic rings. The van der Waals surface area contributed by atoms with Crippen molar-refractivity contribution in [3.63, 3.8) is 0 Å². The molecule has 3 atom stereocenters. The molecule has 19 heavy (non-hydrogen) atoms. The lowest BCUT2D eigenvalue weighted by molar-refractivity contribution is -0.0173. The summed E-state index contributed by atoms with van der Waals surface area (Å²) >= 11 is 0. The molecule has 2 nitrogen and oxygen atoms in total. The predicted molar refractivity (Wildman–Crippen MR) is 77.2 cm³/mol. The summed E-state index contributed by atoms with van der Waals surface area (Å²) in [5.74, 6) is 0.411. The third kappa shape index (κ3) is 2.15. The van der Waals surface area contributed by atoms with Crippen molar-refractivity contribution >= 4 is 10.8 Å². The van der Waals surface area contributed by atoms with Crippen molar-refractivity contribution in [1.29, 1.82) is 0 Å². The Morgan fingerprint density at radius 2 is 2.00 bits per heavy atom. The lowest BCUT2D eigenvalue weighted by Crippen LogP contribution is -2.23. The van der Waals surface area contributed by atoms with E-state index in [0.717, 1.165) is 29.5 Å². The van der Waals surface area contributed by atoms with Gasteiger partial charge in [0.25, 0.3) is 0 Å². The highest BCUT2D eigenvalue weighted by Gasteiger charge is 2.33. The second kappa shape index (κ2) is 4.95. The van der Waals surface area contributed by atoms with Crippen molar-refractivity contribution in [1.82, 2.24) is 0 Å². The number of aliphatic hydroxyl groups excluding tert-OH is 1. The Kier molecular flexibility index (Phi) is 3.29. The molecular weight excluding hydrogens is 236 g/mol. The predicted octanol–water partition coefficient (Wildman–Crippen LogP) is 3.61. The van der Waals surface area contributed by atoms with Crippen LogP contribution in [0.2, 0.25) is 0 Å². The van der Waals surface area contributed by atoms with Gasteiger partial charge in [0.15, 0.2) is 0 Å². The fourth-order valence-electron chi connectivity index (χ4n) is 3.08. The molecule has 0 spiro atoms. The highest BCUT2D eigenvalue weighted by atomic mass is 16.5. The highest BCUT2D eigenvalue weighted by Crippen LogP contribution is 2.36. The van der Waals surface area contributed by atoms with Gasteiger partial charge in [-0.3, -0.25) is 0 Å². The van der Waals surface area contributed by atoms with Gasteiger partial charge >= 0.3 is 0 Å².